The zero-order valence-electron chi connectivity index (χ0n) is 15.6. The zero-order valence-corrected chi connectivity index (χ0v) is 16.4. The molecule has 5 nitrogen and oxygen atoms in total. The Balaban J connectivity index is 1.55. The van der Waals surface area contributed by atoms with Gasteiger partial charge < -0.3 is 15.0 Å². The summed E-state index contributed by atoms with van der Waals surface area (Å²) in [6, 6.07) is 16.4. The lowest BCUT2D eigenvalue weighted by Crippen LogP contribution is -2.51. The van der Waals surface area contributed by atoms with E-state index in [4.69, 9.17) is 4.74 Å². The molecule has 1 atom stereocenters. The third-order valence-corrected chi connectivity index (χ3v) is 6.26. The third kappa shape index (κ3) is 3.83. The minimum atomic E-state index is 0.133. The minimum Gasteiger partial charge on any atom is -0.496 e. The topological polar surface area (TPSA) is 44.8 Å². The van der Waals surface area contributed by atoms with Crippen molar-refractivity contribution in [3.8, 4) is 5.75 Å². The molecule has 1 N–H and O–H groups in total. The van der Waals surface area contributed by atoms with E-state index in [1.165, 1.54) is 4.90 Å². The molecule has 0 radical (unpaired) electrons. The number of methoxy groups -OCH3 is 1. The number of carbonyl (C=O) groups is 1. The number of rotatable bonds is 4. The number of anilines is 1. The number of piperazine rings is 1. The average Bonchev–Trinajstić information content (AvgIpc) is 2.73. The summed E-state index contributed by atoms with van der Waals surface area (Å²) in [5.41, 5.74) is 2.18. The van der Waals surface area contributed by atoms with Crippen molar-refractivity contribution in [3.05, 3.63) is 54.1 Å². The molecule has 4 rings (SSSR count). The number of nitrogens with zero attached hydrogens (tertiary/aromatic N) is 2. The first-order valence-electron chi connectivity index (χ1n) is 9.38. The summed E-state index contributed by atoms with van der Waals surface area (Å²) in [6.07, 6.45) is 0. The number of carbonyl (C=O) groups excluding carboxylic acids is 1. The van der Waals surface area contributed by atoms with Gasteiger partial charge in [-0.1, -0.05) is 30.3 Å². The summed E-state index contributed by atoms with van der Waals surface area (Å²) in [5.74, 6) is 1.99. The Morgan fingerprint density at radius 2 is 2.00 bits per heavy atom. The van der Waals surface area contributed by atoms with Crippen molar-refractivity contribution in [2.75, 3.05) is 50.5 Å². The molecule has 1 saturated heterocycles. The molecular formula is C21H25N3O2S. The maximum atomic E-state index is 13.2. The van der Waals surface area contributed by atoms with Gasteiger partial charge in [-0.15, -0.1) is 11.8 Å². The normalized spacial score (nSPS) is 20.2. The molecule has 6 heteroatoms. The number of para-hydroxylation sites is 2. The molecule has 2 aromatic rings. The molecule has 0 bridgehead atoms. The van der Waals surface area contributed by atoms with E-state index >= 15 is 0 Å². The third-order valence-electron chi connectivity index (χ3n) is 5.22. The first-order chi connectivity index (χ1) is 13.3. The van der Waals surface area contributed by atoms with Crippen LogP contribution in [0.5, 0.6) is 5.75 Å². The summed E-state index contributed by atoms with van der Waals surface area (Å²) in [6.45, 7) is 3.75. The van der Waals surface area contributed by atoms with Crippen LogP contribution in [0, 0.1) is 0 Å². The van der Waals surface area contributed by atoms with E-state index in [-0.39, 0.29) is 11.9 Å². The highest BCUT2D eigenvalue weighted by Gasteiger charge is 2.30. The zero-order chi connectivity index (χ0) is 18.6. The van der Waals surface area contributed by atoms with Gasteiger partial charge in [0.05, 0.1) is 25.4 Å². The van der Waals surface area contributed by atoms with Gasteiger partial charge >= 0.3 is 0 Å². The van der Waals surface area contributed by atoms with Crippen LogP contribution >= 0.6 is 11.8 Å². The van der Waals surface area contributed by atoms with E-state index in [0.717, 1.165) is 48.9 Å². The van der Waals surface area contributed by atoms with E-state index in [1.54, 1.807) is 7.11 Å². The fraction of sp³-hybridized carbons (Fsp3) is 0.381. The van der Waals surface area contributed by atoms with Gasteiger partial charge in [0.1, 0.15) is 5.75 Å². The minimum absolute atomic E-state index is 0.133. The monoisotopic (exact) mass is 383 g/mol. The molecule has 2 heterocycles. The van der Waals surface area contributed by atoms with Crippen LogP contribution in [-0.2, 0) is 4.79 Å². The highest BCUT2D eigenvalue weighted by atomic mass is 32.2. The van der Waals surface area contributed by atoms with Gasteiger partial charge in [0.15, 0.2) is 0 Å². The predicted molar refractivity (Wildman–Crippen MR) is 110 cm³/mol. The van der Waals surface area contributed by atoms with Crippen LogP contribution in [0.25, 0.3) is 0 Å². The number of hydrogen-bond donors (Lipinski definition) is 1. The fourth-order valence-corrected chi connectivity index (χ4v) is 4.87. The van der Waals surface area contributed by atoms with Gasteiger partial charge in [-0.3, -0.25) is 9.69 Å². The Hall–Kier alpha value is -2.02. The summed E-state index contributed by atoms with van der Waals surface area (Å²) < 4.78 is 5.56. The van der Waals surface area contributed by atoms with Gasteiger partial charge in [0, 0.05) is 42.4 Å². The average molecular weight is 384 g/mol. The molecule has 2 aliphatic rings. The van der Waals surface area contributed by atoms with Crippen molar-refractivity contribution < 1.29 is 9.53 Å². The SMILES string of the molecule is COc1ccccc1C1CNCCN1CC(=O)N1CCSc2ccccc21. The maximum absolute atomic E-state index is 13.2. The second kappa shape index (κ2) is 8.33. The van der Waals surface area contributed by atoms with Crippen LogP contribution in [0.2, 0.25) is 0 Å². The molecule has 0 saturated carbocycles. The standard InChI is InChI=1S/C21H25N3O2S/c1-26-19-8-4-2-6-16(19)18-14-22-10-11-23(18)15-21(25)24-12-13-27-20-9-5-3-7-17(20)24/h2-9,18,22H,10-15H2,1H3. The van der Waals surface area contributed by atoms with Crippen LogP contribution in [0.15, 0.2) is 53.4 Å². The Morgan fingerprint density at radius 3 is 2.89 bits per heavy atom. The lowest BCUT2D eigenvalue weighted by molar-refractivity contribution is -0.120. The van der Waals surface area contributed by atoms with Crippen LogP contribution in [0.1, 0.15) is 11.6 Å². The molecule has 0 aromatic heterocycles. The molecular weight excluding hydrogens is 358 g/mol. The lowest BCUT2D eigenvalue weighted by Gasteiger charge is -2.38. The molecule has 1 fully saturated rings. The summed E-state index contributed by atoms with van der Waals surface area (Å²) in [7, 11) is 1.70. The summed E-state index contributed by atoms with van der Waals surface area (Å²) in [4.78, 5) is 18.6. The van der Waals surface area contributed by atoms with E-state index in [2.05, 4.69) is 28.4 Å². The van der Waals surface area contributed by atoms with Crippen LogP contribution in [0.4, 0.5) is 5.69 Å². The van der Waals surface area contributed by atoms with Crippen LogP contribution in [-0.4, -0.2) is 56.4 Å². The number of fused-ring (bicyclic) bond motifs is 1. The summed E-state index contributed by atoms with van der Waals surface area (Å²) >= 11 is 1.82. The predicted octanol–water partition coefficient (Wildman–Crippen LogP) is 2.78. The van der Waals surface area contributed by atoms with Crippen LogP contribution < -0.4 is 15.0 Å². The fourth-order valence-electron chi connectivity index (χ4n) is 3.87. The largest absolute Gasteiger partial charge is 0.496 e. The second-order valence-electron chi connectivity index (χ2n) is 6.79. The first-order valence-corrected chi connectivity index (χ1v) is 10.4. The van der Waals surface area contributed by atoms with E-state index in [9.17, 15) is 4.79 Å². The van der Waals surface area contributed by atoms with Gasteiger partial charge in [-0.25, -0.2) is 0 Å². The van der Waals surface area contributed by atoms with Crippen molar-refractivity contribution in [1.82, 2.24) is 10.2 Å². The second-order valence-corrected chi connectivity index (χ2v) is 7.93. The van der Waals surface area contributed by atoms with E-state index in [1.807, 2.05) is 47.0 Å². The number of ether oxygens (including phenoxy) is 1. The smallest absolute Gasteiger partial charge is 0.241 e. The van der Waals surface area contributed by atoms with Crippen molar-refractivity contribution in [3.63, 3.8) is 0 Å². The highest BCUT2D eigenvalue weighted by Crippen LogP contribution is 2.35. The number of nitrogens with one attached hydrogen (secondary N) is 1. The Morgan fingerprint density at radius 1 is 1.19 bits per heavy atom. The molecule has 1 unspecified atom stereocenters. The number of amides is 1. The van der Waals surface area contributed by atoms with Crippen molar-refractivity contribution in [2.45, 2.75) is 10.9 Å². The molecule has 2 aromatic carbocycles. The van der Waals surface area contributed by atoms with Gasteiger partial charge in [-0.2, -0.15) is 0 Å². The van der Waals surface area contributed by atoms with Gasteiger partial charge in [0.25, 0.3) is 0 Å². The van der Waals surface area contributed by atoms with E-state index < -0.39 is 0 Å². The number of hydrogen-bond acceptors (Lipinski definition) is 5. The quantitative estimate of drug-likeness (QED) is 0.880. The van der Waals surface area contributed by atoms with Crippen molar-refractivity contribution in [2.24, 2.45) is 0 Å². The maximum Gasteiger partial charge on any atom is 0.241 e. The Kier molecular flexibility index (Phi) is 5.66. The molecule has 142 valence electrons. The molecule has 27 heavy (non-hydrogen) atoms. The van der Waals surface area contributed by atoms with Gasteiger partial charge in [0.2, 0.25) is 5.91 Å². The lowest BCUT2D eigenvalue weighted by atomic mass is 10.0. The van der Waals surface area contributed by atoms with Gasteiger partial charge in [-0.05, 0) is 18.2 Å². The molecule has 2 aliphatic heterocycles. The first kappa shape index (κ1) is 18.3. The Labute approximate surface area is 164 Å². The number of benzene rings is 2. The highest BCUT2D eigenvalue weighted by molar-refractivity contribution is 7.99. The van der Waals surface area contributed by atoms with Crippen molar-refractivity contribution in [1.29, 1.82) is 0 Å². The van der Waals surface area contributed by atoms with Crippen LogP contribution in [0.3, 0.4) is 0 Å². The molecule has 1 amide bonds. The van der Waals surface area contributed by atoms with Crippen molar-refractivity contribution >= 4 is 23.4 Å². The molecule has 0 aliphatic carbocycles. The number of thioether (sulfide) groups is 1. The molecule has 0 spiro atoms. The van der Waals surface area contributed by atoms with E-state index in [0.29, 0.717) is 6.54 Å². The Bertz CT molecular complexity index is 814. The summed E-state index contributed by atoms with van der Waals surface area (Å²) in [5, 5.41) is 3.46.